The van der Waals surface area contributed by atoms with Crippen LogP contribution in [0, 0.1) is 0 Å². The molecule has 0 spiro atoms. The lowest BCUT2D eigenvalue weighted by molar-refractivity contribution is -0.131. The summed E-state index contributed by atoms with van der Waals surface area (Å²) in [6.45, 7) is 1.33. The van der Waals surface area contributed by atoms with E-state index in [4.69, 9.17) is 33.2 Å². The van der Waals surface area contributed by atoms with Gasteiger partial charge in [0.1, 0.15) is 58.3 Å². The quantitative estimate of drug-likeness (QED) is 0.0670. The summed E-state index contributed by atoms with van der Waals surface area (Å²) in [5.41, 5.74) is 1.43. The van der Waals surface area contributed by atoms with Crippen molar-refractivity contribution in [1.82, 2.24) is 9.55 Å². The van der Waals surface area contributed by atoms with E-state index in [0.29, 0.717) is 23.0 Å². The molecule has 7 aromatic rings. The van der Waals surface area contributed by atoms with E-state index in [9.17, 15) is 15.0 Å². The van der Waals surface area contributed by atoms with Crippen molar-refractivity contribution in [3.05, 3.63) is 225 Å². The van der Waals surface area contributed by atoms with Gasteiger partial charge in [0.05, 0.1) is 40.8 Å². The third-order valence-corrected chi connectivity index (χ3v) is 11.9. The Balaban J connectivity index is 1.34. The molecule has 2 heterocycles. The lowest BCUT2D eigenvalue weighted by Gasteiger charge is -2.41. The Bertz CT molecular complexity index is 2660. The van der Waals surface area contributed by atoms with Gasteiger partial charge in [-0.3, -0.25) is 4.79 Å². The number of hydrogen-bond acceptors (Lipinski definition) is 11. The largest absolute Gasteiger partial charge is 0.512 e. The zero-order valence-corrected chi connectivity index (χ0v) is 37.3. The summed E-state index contributed by atoms with van der Waals surface area (Å²) in [6.07, 6.45) is -1.92. The van der Waals surface area contributed by atoms with Gasteiger partial charge >= 0.3 is 0 Å². The molecule has 1 aromatic heterocycles. The number of methoxy groups -OCH3 is 4. The fraction of sp³-hybridized carbons (Fsp3) is 0.222. The van der Waals surface area contributed by atoms with Gasteiger partial charge in [0.15, 0.2) is 6.23 Å². The molecule has 1 aliphatic heterocycles. The number of hydrogen-bond donors (Lipinski definition) is 2. The van der Waals surface area contributed by atoms with Crippen LogP contribution >= 0.6 is 0 Å². The zero-order chi connectivity index (χ0) is 46.3. The van der Waals surface area contributed by atoms with Gasteiger partial charge in [0.25, 0.3) is 5.56 Å². The van der Waals surface area contributed by atoms with Crippen molar-refractivity contribution in [2.24, 2.45) is 0 Å². The highest BCUT2D eigenvalue weighted by Gasteiger charge is 2.52. The maximum atomic E-state index is 12.9. The van der Waals surface area contributed by atoms with Crippen molar-refractivity contribution in [3.8, 4) is 23.0 Å². The molecule has 0 amide bonds. The Morgan fingerprint density at radius 1 is 0.606 bits per heavy atom. The number of benzene rings is 6. The number of aromatic nitrogens is 2. The number of rotatable bonds is 17. The molecule has 6 aromatic carbocycles. The van der Waals surface area contributed by atoms with Crippen molar-refractivity contribution >= 4 is 6.08 Å². The summed E-state index contributed by atoms with van der Waals surface area (Å²) >= 11 is 0. The van der Waals surface area contributed by atoms with Crippen LogP contribution in [-0.4, -0.2) is 73.1 Å². The van der Waals surface area contributed by atoms with E-state index in [1.165, 1.54) is 29.8 Å². The van der Waals surface area contributed by atoms with Crippen molar-refractivity contribution in [3.63, 3.8) is 0 Å². The molecule has 1 saturated heterocycles. The molecule has 2 N–H and O–H groups in total. The zero-order valence-electron chi connectivity index (χ0n) is 37.3. The number of aliphatic hydroxyl groups excluding tert-OH is 2. The third kappa shape index (κ3) is 8.91. The first-order valence-corrected chi connectivity index (χ1v) is 21.4. The highest BCUT2D eigenvalue weighted by atomic mass is 16.6. The number of ether oxygens (including phenoxy) is 7. The second-order valence-corrected chi connectivity index (χ2v) is 15.8. The first-order valence-electron chi connectivity index (χ1n) is 21.4. The van der Waals surface area contributed by atoms with E-state index in [-0.39, 0.29) is 18.2 Å². The van der Waals surface area contributed by atoms with Gasteiger partial charge in [-0.2, -0.15) is 4.98 Å². The highest BCUT2D eigenvalue weighted by Crippen LogP contribution is 2.48. The Kier molecular flexibility index (Phi) is 13.7. The van der Waals surface area contributed by atoms with E-state index >= 15 is 0 Å². The summed E-state index contributed by atoms with van der Waals surface area (Å²) in [6, 6.07) is 51.5. The molecule has 1 aliphatic rings. The van der Waals surface area contributed by atoms with Crippen LogP contribution in [0.1, 0.15) is 52.4 Å². The Hall–Kier alpha value is -7.22. The van der Waals surface area contributed by atoms with E-state index < -0.39 is 41.3 Å². The summed E-state index contributed by atoms with van der Waals surface area (Å²) in [5.74, 6) is 2.59. The predicted molar refractivity (Wildman–Crippen MR) is 250 cm³/mol. The molecule has 0 unspecified atom stereocenters. The summed E-state index contributed by atoms with van der Waals surface area (Å²) < 4.78 is 45.9. The number of aliphatic hydroxyl groups is 2. The molecule has 0 radical (unpaired) electrons. The van der Waals surface area contributed by atoms with E-state index in [1.807, 2.05) is 158 Å². The van der Waals surface area contributed by atoms with Gasteiger partial charge in [0, 0.05) is 18.3 Å². The standard InChI is InChI=1S/C54H52N2O10/c1-36(57)34-48-55-49(58)32-33-56(48)52-50(59)51(66-54(38-14-10-7-11-15-38,41-20-28-45(62-4)29-21-41)42-22-30-46(63-5)31-23-42)47(65-52)35-64-53(37-12-8-6-9-13-37,39-16-24-43(60-2)25-17-39)40-18-26-44(61-3)27-19-40/h6-34,47,50-52,57,59H,35H2,1-5H3/b36-34+/t47-,50+,51-,52-/m1/s1. The predicted octanol–water partition coefficient (Wildman–Crippen LogP) is 8.84. The molecule has 8 rings (SSSR count). The van der Waals surface area contributed by atoms with Crippen LogP contribution in [0.15, 0.2) is 181 Å². The van der Waals surface area contributed by atoms with Gasteiger partial charge in [-0.25, -0.2) is 0 Å². The minimum Gasteiger partial charge on any atom is -0.512 e. The average Bonchev–Trinajstić information content (AvgIpc) is 3.67. The van der Waals surface area contributed by atoms with Crippen molar-refractivity contribution in [1.29, 1.82) is 0 Å². The van der Waals surface area contributed by atoms with Gasteiger partial charge < -0.3 is 47.9 Å². The minimum absolute atomic E-state index is 0.0709. The Morgan fingerprint density at radius 3 is 1.41 bits per heavy atom. The Labute approximate surface area is 383 Å². The molecule has 0 bridgehead atoms. The average molecular weight is 889 g/mol. The molecule has 4 atom stereocenters. The normalized spacial score (nSPS) is 17.6. The first kappa shape index (κ1) is 45.4. The van der Waals surface area contributed by atoms with E-state index in [1.54, 1.807) is 28.4 Å². The molecular weight excluding hydrogens is 837 g/mol. The fourth-order valence-corrected chi connectivity index (χ4v) is 8.68. The second-order valence-electron chi connectivity index (χ2n) is 15.8. The SMILES string of the molecule is COc1ccc(C(OC[C@H]2O[C@@H](n3ccc(=O)nc3/C=C(\C)O)[C@@H](O)[C@@H]2OC(c2ccccc2)(c2ccc(OC)cc2)c2ccc(OC)cc2)(c2ccccc2)c2ccc(OC)cc2)cc1. The van der Waals surface area contributed by atoms with Crippen LogP contribution in [0.3, 0.4) is 0 Å². The second kappa shape index (κ2) is 19.9. The minimum atomic E-state index is -1.42. The van der Waals surface area contributed by atoms with Gasteiger partial charge in [-0.05, 0) is 88.8 Å². The van der Waals surface area contributed by atoms with Crippen molar-refractivity contribution in [2.45, 2.75) is 42.7 Å². The molecule has 0 saturated carbocycles. The molecule has 12 nitrogen and oxygen atoms in total. The lowest BCUT2D eigenvalue weighted by atomic mass is 9.79. The van der Waals surface area contributed by atoms with E-state index in [0.717, 1.165) is 33.4 Å². The summed E-state index contributed by atoms with van der Waals surface area (Å²) in [7, 11) is 6.45. The molecule has 1 fully saturated rings. The maximum absolute atomic E-state index is 12.9. The monoisotopic (exact) mass is 888 g/mol. The molecular formula is C54H52N2O10. The molecule has 66 heavy (non-hydrogen) atoms. The lowest BCUT2D eigenvalue weighted by Crippen LogP contribution is -2.46. The maximum Gasteiger partial charge on any atom is 0.273 e. The van der Waals surface area contributed by atoms with Gasteiger partial charge in [-0.15, -0.1) is 0 Å². The Morgan fingerprint density at radius 2 is 1.00 bits per heavy atom. The van der Waals surface area contributed by atoms with Crippen LogP contribution < -0.4 is 24.5 Å². The van der Waals surface area contributed by atoms with Crippen LogP contribution in [0.4, 0.5) is 0 Å². The highest BCUT2D eigenvalue weighted by molar-refractivity contribution is 5.52. The van der Waals surface area contributed by atoms with Gasteiger partial charge in [0.2, 0.25) is 0 Å². The van der Waals surface area contributed by atoms with E-state index in [2.05, 4.69) is 4.98 Å². The number of nitrogens with zero attached hydrogens (tertiary/aromatic N) is 2. The third-order valence-electron chi connectivity index (χ3n) is 11.9. The summed E-state index contributed by atoms with van der Waals surface area (Å²) in [5, 5.41) is 23.3. The smallest absolute Gasteiger partial charge is 0.273 e. The first-order chi connectivity index (χ1) is 32.1. The van der Waals surface area contributed by atoms with Crippen LogP contribution in [0.5, 0.6) is 23.0 Å². The van der Waals surface area contributed by atoms with Crippen LogP contribution in [0.2, 0.25) is 0 Å². The van der Waals surface area contributed by atoms with Crippen LogP contribution in [-0.2, 0) is 25.4 Å². The van der Waals surface area contributed by atoms with Gasteiger partial charge in [-0.1, -0.05) is 109 Å². The molecule has 338 valence electrons. The topological polar surface area (TPSA) is 140 Å². The van der Waals surface area contributed by atoms with Crippen molar-refractivity contribution in [2.75, 3.05) is 35.0 Å². The molecule has 12 heteroatoms. The fourth-order valence-electron chi connectivity index (χ4n) is 8.68. The summed E-state index contributed by atoms with van der Waals surface area (Å²) in [4.78, 5) is 16.9. The number of allylic oxidation sites excluding steroid dienone is 1. The molecule has 0 aliphatic carbocycles. The van der Waals surface area contributed by atoms with Crippen molar-refractivity contribution < 1.29 is 43.4 Å². The van der Waals surface area contributed by atoms with Crippen LogP contribution in [0.25, 0.3) is 6.08 Å².